The number of benzene rings is 1. The number of hydrogen-bond donors (Lipinski definition) is 1. The summed E-state index contributed by atoms with van der Waals surface area (Å²) < 4.78 is 16.1. The second-order valence-corrected chi connectivity index (χ2v) is 6.91. The van der Waals surface area contributed by atoms with Crippen LogP contribution in [0.15, 0.2) is 36.5 Å². The maximum Gasteiger partial charge on any atom is 0.182 e. The van der Waals surface area contributed by atoms with Gasteiger partial charge in [0, 0.05) is 28.9 Å². The second-order valence-electron chi connectivity index (χ2n) is 6.91. The number of fused-ring (bicyclic) bond motifs is 5. The number of aromatic nitrogens is 4. The lowest BCUT2D eigenvalue weighted by Gasteiger charge is -2.14. The van der Waals surface area contributed by atoms with Crippen LogP contribution in [-0.2, 0) is 6.54 Å². The fourth-order valence-corrected chi connectivity index (χ4v) is 4.37. The Balaban J connectivity index is 1.65. The first-order chi connectivity index (χ1) is 12.2. The van der Waals surface area contributed by atoms with E-state index in [1.54, 1.807) is 18.3 Å². The van der Waals surface area contributed by atoms with Crippen molar-refractivity contribution in [1.29, 1.82) is 0 Å². The Morgan fingerprint density at radius 2 is 2.00 bits per heavy atom. The summed E-state index contributed by atoms with van der Waals surface area (Å²) in [7, 11) is 0. The van der Waals surface area contributed by atoms with Crippen molar-refractivity contribution in [1.82, 2.24) is 19.7 Å². The zero-order chi connectivity index (χ0) is 17.0. The molecule has 2 unspecified atom stereocenters. The van der Waals surface area contributed by atoms with Gasteiger partial charge in [0.05, 0.1) is 6.54 Å². The summed E-state index contributed by atoms with van der Waals surface area (Å²) in [4.78, 5) is 8.73. The molecule has 5 rings (SSSR count). The van der Waals surface area contributed by atoms with Crippen LogP contribution < -0.4 is 5.73 Å². The number of nitrogens with two attached hydrogens (primary N) is 1. The first kappa shape index (κ1) is 14.6. The number of rotatable bonds is 3. The molecule has 2 aliphatic rings. The van der Waals surface area contributed by atoms with Crippen molar-refractivity contribution in [3.63, 3.8) is 0 Å². The Bertz CT molecular complexity index is 964. The summed E-state index contributed by atoms with van der Waals surface area (Å²) in [6.07, 6.45) is 5.17. The fourth-order valence-electron chi connectivity index (χ4n) is 4.37. The minimum atomic E-state index is -0.198. The summed E-state index contributed by atoms with van der Waals surface area (Å²) in [5.41, 5.74) is 9.78. The molecule has 2 aromatic heterocycles. The number of anilines is 1. The SMILES string of the molecule is Nc1ccnc(-c2nn(Cc3ccccc3F)c3c2C2CCC3C2)n1. The molecule has 2 N–H and O–H groups in total. The molecule has 0 radical (unpaired) electrons. The summed E-state index contributed by atoms with van der Waals surface area (Å²) in [6.45, 7) is 0.431. The average molecular weight is 335 g/mol. The maximum atomic E-state index is 14.1. The van der Waals surface area contributed by atoms with E-state index >= 15 is 0 Å². The fraction of sp³-hybridized carbons (Fsp3) is 0.316. The van der Waals surface area contributed by atoms with Crippen LogP contribution in [-0.4, -0.2) is 19.7 Å². The van der Waals surface area contributed by atoms with Crippen LogP contribution in [0, 0.1) is 5.82 Å². The Kier molecular flexibility index (Phi) is 3.13. The normalized spacial score (nSPS) is 20.8. The first-order valence-corrected chi connectivity index (χ1v) is 8.63. The molecule has 2 atom stereocenters. The van der Waals surface area contributed by atoms with Gasteiger partial charge in [0.25, 0.3) is 0 Å². The third-order valence-electron chi connectivity index (χ3n) is 5.42. The van der Waals surface area contributed by atoms with Crippen LogP contribution in [0.4, 0.5) is 10.2 Å². The second kappa shape index (κ2) is 5.37. The molecule has 126 valence electrons. The summed E-state index contributed by atoms with van der Waals surface area (Å²) >= 11 is 0. The van der Waals surface area contributed by atoms with Crippen LogP contribution in [0.5, 0.6) is 0 Å². The van der Waals surface area contributed by atoms with Crippen LogP contribution in [0.25, 0.3) is 11.5 Å². The van der Waals surface area contributed by atoms with Gasteiger partial charge >= 0.3 is 0 Å². The number of halogens is 1. The van der Waals surface area contributed by atoms with Gasteiger partial charge in [-0.2, -0.15) is 5.10 Å². The van der Waals surface area contributed by atoms with Crippen molar-refractivity contribution in [2.75, 3.05) is 5.73 Å². The lowest BCUT2D eigenvalue weighted by Crippen LogP contribution is -2.10. The van der Waals surface area contributed by atoms with Crippen LogP contribution in [0.2, 0.25) is 0 Å². The average Bonchev–Trinajstić information content (AvgIpc) is 3.30. The van der Waals surface area contributed by atoms with Gasteiger partial charge in [-0.05, 0) is 37.3 Å². The van der Waals surface area contributed by atoms with E-state index in [-0.39, 0.29) is 5.82 Å². The molecule has 25 heavy (non-hydrogen) atoms. The van der Waals surface area contributed by atoms with Gasteiger partial charge in [-0.1, -0.05) is 18.2 Å². The minimum Gasteiger partial charge on any atom is -0.384 e. The number of nitrogens with zero attached hydrogens (tertiary/aromatic N) is 4. The van der Waals surface area contributed by atoms with Crippen molar-refractivity contribution in [3.05, 3.63) is 59.2 Å². The highest BCUT2D eigenvalue weighted by molar-refractivity contribution is 5.62. The number of nitrogen functional groups attached to an aromatic ring is 1. The summed E-state index contributed by atoms with van der Waals surface area (Å²) in [5, 5.41) is 4.79. The Hall–Kier alpha value is -2.76. The quantitative estimate of drug-likeness (QED) is 0.795. The standard InChI is InChI=1S/C19H18FN5/c20-14-4-2-1-3-13(14)10-25-18-12-6-5-11(9-12)16(18)17(24-25)19-22-8-7-15(21)23-19/h1-4,7-8,11-12H,5-6,9-10H2,(H2,21,22,23). The van der Waals surface area contributed by atoms with E-state index in [0.717, 1.165) is 12.1 Å². The van der Waals surface area contributed by atoms with Gasteiger partial charge < -0.3 is 5.73 Å². The minimum absolute atomic E-state index is 0.198. The van der Waals surface area contributed by atoms with Gasteiger partial charge in [-0.25, -0.2) is 14.4 Å². The molecule has 0 amide bonds. The topological polar surface area (TPSA) is 69.6 Å². The van der Waals surface area contributed by atoms with E-state index in [9.17, 15) is 4.39 Å². The molecule has 2 aliphatic carbocycles. The lowest BCUT2D eigenvalue weighted by molar-refractivity contribution is 0.556. The molecular formula is C19H18FN5. The zero-order valence-electron chi connectivity index (χ0n) is 13.7. The third kappa shape index (κ3) is 2.24. The highest BCUT2D eigenvalue weighted by atomic mass is 19.1. The summed E-state index contributed by atoms with van der Waals surface area (Å²) in [5.74, 6) is 1.82. The van der Waals surface area contributed by atoms with Gasteiger partial charge in [0.15, 0.2) is 5.82 Å². The molecule has 0 spiro atoms. The molecule has 1 aromatic carbocycles. The summed E-state index contributed by atoms with van der Waals surface area (Å²) in [6, 6.07) is 8.54. The van der Waals surface area contributed by atoms with Gasteiger partial charge in [-0.3, -0.25) is 4.68 Å². The first-order valence-electron chi connectivity index (χ1n) is 8.63. The van der Waals surface area contributed by atoms with E-state index in [1.807, 2.05) is 16.8 Å². The van der Waals surface area contributed by atoms with Crippen molar-refractivity contribution in [3.8, 4) is 11.5 Å². The largest absolute Gasteiger partial charge is 0.384 e. The Morgan fingerprint density at radius 3 is 2.84 bits per heavy atom. The van der Waals surface area contributed by atoms with E-state index in [2.05, 4.69) is 9.97 Å². The molecular weight excluding hydrogens is 317 g/mol. The predicted molar refractivity (Wildman–Crippen MR) is 92.5 cm³/mol. The Morgan fingerprint density at radius 1 is 1.16 bits per heavy atom. The van der Waals surface area contributed by atoms with Crippen molar-refractivity contribution < 1.29 is 4.39 Å². The van der Waals surface area contributed by atoms with Crippen LogP contribution in [0.1, 0.15) is 47.9 Å². The van der Waals surface area contributed by atoms with Crippen molar-refractivity contribution in [2.45, 2.75) is 37.6 Å². The number of hydrogen-bond acceptors (Lipinski definition) is 4. The maximum absolute atomic E-state index is 14.1. The van der Waals surface area contributed by atoms with E-state index in [4.69, 9.17) is 10.8 Å². The van der Waals surface area contributed by atoms with Crippen molar-refractivity contribution >= 4 is 5.82 Å². The Labute approximate surface area is 144 Å². The van der Waals surface area contributed by atoms with Gasteiger partial charge in [-0.15, -0.1) is 0 Å². The van der Waals surface area contributed by atoms with Crippen LogP contribution in [0.3, 0.4) is 0 Å². The van der Waals surface area contributed by atoms with Gasteiger partial charge in [0.1, 0.15) is 17.3 Å². The molecule has 5 nitrogen and oxygen atoms in total. The van der Waals surface area contributed by atoms with E-state index in [1.165, 1.54) is 30.2 Å². The molecule has 6 heteroatoms. The highest BCUT2D eigenvalue weighted by Gasteiger charge is 2.43. The molecule has 1 fully saturated rings. The molecule has 0 aliphatic heterocycles. The zero-order valence-corrected chi connectivity index (χ0v) is 13.7. The third-order valence-corrected chi connectivity index (χ3v) is 5.42. The predicted octanol–water partition coefficient (Wildman–Crippen LogP) is 3.47. The highest BCUT2D eigenvalue weighted by Crippen LogP contribution is 2.55. The van der Waals surface area contributed by atoms with Crippen molar-refractivity contribution in [2.24, 2.45) is 0 Å². The van der Waals surface area contributed by atoms with Crippen LogP contribution >= 0.6 is 0 Å². The molecule has 0 saturated heterocycles. The molecule has 3 aromatic rings. The van der Waals surface area contributed by atoms with E-state index in [0.29, 0.717) is 35.6 Å². The smallest absolute Gasteiger partial charge is 0.182 e. The lowest BCUT2D eigenvalue weighted by atomic mass is 9.95. The van der Waals surface area contributed by atoms with E-state index < -0.39 is 0 Å². The monoisotopic (exact) mass is 335 g/mol. The van der Waals surface area contributed by atoms with Gasteiger partial charge in [0.2, 0.25) is 0 Å². The molecule has 2 bridgehead atoms. The molecule has 2 heterocycles. The molecule has 1 saturated carbocycles.